The Morgan fingerprint density at radius 1 is 1.21 bits per heavy atom. The fourth-order valence-electron chi connectivity index (χ4n) is 3.44. The highest BCUT2D eigenvalue weighted by atomic mass is 35.5. The van der Waals surface area contributed by atoms with Crippen LogP contribution >= 0.6 is 11.6 Å². The van der Waals surface area contributed by atoms with Gasteiger partial charge in [0.1, 0.15) is 5.52 Å². The zero-order chi connectivity index (χ0) is 13.8. The van der Waals surface area contributed by atoms with Gasteiger partial charge in [-0.15, -0.1) is 11.6 Å². The Morgan fingerprint density at radius 3 is 2.42 bits per heavy atom. The van der Waals surface area contributed by atoms with Crippen LogP contribution in [0, 0.1) is 16.7 Å². The molecule has 2 aromatic rings. The molecular weight excluding hydrogens is 258 g/mol. The van der Waals surface area contributed by atoms with E-state index in [0.29, 0.717) is 23.2 Å². The Morgan fingerprint density at radius 2 is 1.84 bits per heavy atom. The smallest absolute Gasteiger partial charge is 0.196 e. The third-order valence-electron chi connectivity index (χ3n) is 5.20. The molecule has 19 heavy (non-hydrogen) atoms. The molecule has 0 amide bonds. The van der Waals surface area contributed by atoms with Crippen molar-refractivity contribution in [3.63, 3.8) is 0 Å². The number of hydrogen-bond acceptors (Lipinski definition) is 2. The Hall–Kier alpha value is -1.02. The minimum atomic E-state index is 0.0815. The Balaban J connectivity index is 1.79. The van der Waals surface area contributed by atoms with Crippen LogP contribution in [-0.2, 0) is 6.42 Å². The van der Waals surface area contributed by atoms with Crippen LogP contribution < -0.4 is 0 Å². The Labute approximate surface area is 119 Å². The average molecular weight is 278 g/mol. The van der Waals surface area contributed by atoms with Gasteiger partial charge in [0.15, 0.2) is 11.5 Å². The summed E-state index contributed by atoms with van der Waals surface area (Å²) in [7, 11) is 0. The maximum Gasteiger partial charge on any atom is 0.196 e. The van der Waals surface area contributed by atoms with Crippen molar-refractivity contribution in [2.45, 2.75) is 39.5 Å². The fraction of sp³-hybridized carbons (Fsp3) is 0.562. The molecule has 3 rings (SSSR count). The first-order valence-corrected chi connectivity index (χ1v) is 7.26. The molecule has 1 aromatic heterocycles. The van der Waals surface area contributed by atoms with Crippen LogP contribution in [0.25, 0.3) is 11.1 Å². The van der Waals surface area contributed by atoms with Crippen LogP contribution in [0.1, 0.15) is 33.6 Å². The molecule has 3 heteroatoms. The van der Waals surface area contributed by atoms with Gasteiger partial charge in [0.2, 0.25) is 0 Å². The maximum absolute atomic E-state index is 6.61. The molecular formula is C16H20ClNO. The van der Waals surface area contributed by atoms with E-state index < -0.39 is 0 Å². The van der Waals surface area contributed by atoms with Crippen molar-refractivity contribution in [3.05, 3.63) is 30.2 Å². The van der Waals surface area contributed by atoms with Crippen LogP contribution in [0.5, 0.6) is 0 Å². The second kappa shape index (κ2) is 3.99. The van der Waals surface area contributed by atoms with Crippen molar-refractivity contribution in [1.29, 1.82) is 0 Å². The third-order valence-corrected chi connectivity index (χ3v) is 5.61. The number of fused-ring (bicyclic) bond motifs is 1. The molecule has 0 spiro atoms. The van der Waals surface area contributed by atoms with Gasteiger partial charge in [-0.2, -0.15) is 0 Å². The molecule has 0 saturated heterocycles. The van der Waals surface area contributed by atoms with Crippen molar-refractivity contribution < 1.29 is 4.42 Å². The lowest BCUT2D eigenvalue weighted by Gasteiger charge is -2.08. The normalized spacial score (nSPS) is 22.6. The van der Waals surface area contributed by atoms with Crippen molar-refractivity contribution in [2.24, 2.45) is 16.7 Å². The number of alkyl halides is 1. The van der Waals surface area contributed by atoms with Crippen molar-refractivity contribution in [2.75, 3.05) is 0 Å². The minimum Gasteiger partial charge on any atom is -0.441 e. The van der Waals surface area contributed by atoms with Crippen LogP contribution in [0.2, 0.25) is 0 Å². The molecule has 0 bridgehead atoms. The van der Waals surface area contributed by atoms with E-state index in [1.807, 2.05) is 24.3 Å². The van der Waals surface area contributed by atoms with Gasteiger partial charge in [-0.05, 0) is 28.9 Å². The van der Waals surface area contributed by atoms with Crippen LogP contribution in [0.4, 0.5) is 0 Å². The summed E-state index contributed by atoms with van der Waals surface area (Å²) in [6, 6.07) is 7.85. The highest BCUT2D eigenvalue weighted by Crippen LogP contribution is 2.70. The van der Waals surface area contributed by atoms with E-state index in [9.17, 15) is 0 Å². The molecule has 1 unspecified atom stereocenters. The number of para-hydroxylation sites is 2. The first-order valence-electron chi connectivity index (χ1n) is 6.82. The summed E-state index contributed by atoms with van der Waals surface area (Å²) in [5, 5.41) is 0.0815. The molecule has 1 aromatic carbocycles. The SMILES string of the molecule is CC1(C)C(C(Cl)Cc2nc3ccccc3o2)C1(C)C. The lowest BCUT2D eigenvalue weighted by molar-refractivity contribution is 0.457. The molecule has 0 N–H and O–H groups in total. The highest BCUT2D eigenvalue weighted by molar-refractivity contribution is 6.21. The molecule has 1 atom stereocenters. The third kappa shape index (κ3) is 1.88. The lowest BCUT2D eigenvalue weighted by Crippen LogP contribution is -2.11. The average Bonchev–Trinajstić information content (AvgIpc) is 2.61. The zero-order valence-electron chi connectivity index (χ0n) is 11.9. The van der Waals surface area contributed by atoms with Crippen molar-refractivity contribution >= 4 is 22.7 Å². The van der Waals surface area contributed by atoms with Gasteiger partial charge in [0, 0.05) is 11.8 Å². The van der Waals surface area contributed by atoms with Gasteiger partial charge < -0.3 is 4.42 Å². The minimum absolute atomic E-state index is 0.0815. The predicted molar refractivity (Wildman–Crippen MR) is 78.4 cm³/mol. The van der Waals surface area contributed by atoms with Crippen molar-refractivity contribution in [1.82, 2.24) is 4.98 Å². The van der Waals surface area contributed by atoms with Crippen molar-refractivity contribution in [3.8, 4) is 0 Å². The summed E-state index contributed by atoms with van der Waals surface area (Å²) < 4.78 is 5.76. The van der Waals surface area contributed by atoms with Crippen LogP contribution in [0.15, 0.2) is 28.7 Å². The Bertz CT molecular complexity index is 567. The molecule has 2 nitrogen and oxygen atoms in total. The molecule has 1 aliphatic carbocycles. The first kappa shape index (κ1) is 13.0. The van der Waals surface area contributed by atoms with Gasteiger partial charge in [0.25, 0.3) is 0 Å². The quantitative estimate of drug-likeness (QED) is 0.763. The van der Waals surface area contributed by atoms with Gasteiger partial charge in [-0.25, -0.2) is 4.98 Å². The summed E-state index contributed by atoms with van der Waals surface area (Å²) >= 11 is 6.61. The first-order chi connectivity index (χ1) is 8.84. The van der Waals surface area contributed by atoms with Crippen LogP contribution in [0.3, 0.4) is 0 Å². The van der Waals surface area contributed by atoms with Crippen LogP contribution in [-0.4, -0.2) is 10.4 Å². The molecule has 1 heterocycles. The standard InChI is InChI=1S/C16H20ClNO/c1-15(2)14(16(15,3)4)10(17)9-13-18-11-7-5-6-8-12(11)19-13/h5-8,10,14H,9H2,1-4H3. The summed E-state index contributed by atoms with van der Waals surface area (Å²) in [6.45, 7) is 9.16. The summed E-state index contributed by atoms with van der Waals surface area (Å²) in [4.78, 5) is 4.51. The molecule has 102 valence electrons. The van der Waals surface area contributed by atoms with E-state index in [4.69, 9.17) is 16.0 Å². The summed E-state index contributed by atoms with van der Waals surface area (Å²) in [5.74, 6) is 1.26. The molecule has 1 aliphatic rings. The topological polar surface area (TPSA) is 26.0 Å². The zero-order valence-corrected chi connectivity index (χ0v) is 12.7. The number of benzene rings is 1. The van der Waals surface area contributed by atoms with E-state index in [-0.39, 0.29) is 5.38 Å². The largest absolute Gasteiger partial charge is 0.441 e. The van der Waals surface area contributed by atoms with E-state index >= 15 is 0 Å². The van der Waals surface area contributed by atoms with E-state index in [0.717, 1.165) is 17.0 Å². The van der Waals surface area contributed by atoms with Gasteiger partial charge in [-0.1, -0.05) is 39.8 Å². The number of rotatable bonds is 3. The monoisotopic (exact) mass is 277 g/mol. The maximum atomic E-state index is 6.61. The number of aromatic nitrogens is 1. The molecule has 0 radical (unpaired) electrons. The number of nitrogens with zero attached hydrogens (tertiary/aromatic N) is 1. The highest BCUT2D eigenvalue weighted by Gasteiger charge is 2.66. The van der Waals surface area contributed by atoms with Gasteiger partial charge >= 0.3 is 0 Å². The summed E-state index contributed by atoms with van der Waals surface area (Å²) in [5.41, 5.74) is 2.35. The second-order valence-corrected chi connectivity index (χ2v) is 7.28. The fourth-order valence-corrected chi connectivity index (χ4v) is 4.21. The molecule has 0 aliphatic heterocycles. The lowest BCUT2D eigenvalue weighted by atomic mass is 10.0. The number of hydrogen-bond donors (Lipinski definition) is 0. The predicted octanol–water partition coefficient (Wildman–Crippen LogP) is 4.66. The number of oxazole rings is 1. The summed E-state index contributed by atoms with van der Waals surface area (Å²) in [6.07, 6.45) is 0.702. The number of halogens is 1. The van der Waals surface area contributed by atoms with E-state index in [2.05, 4.69) is 32.7 Å². The van der Waals surface area contributed by atoms with E-state index in [1.165, 1.54) is 0 Å². The second-order valence-electron chi connectivity index (χ2n) is 6.72. The molecule has 1 fully saturated rings. The van der Waals surface area contributed by atoms with Gasteiger partial charge in [-0.3, -0.25) is 0 Å². The van der Waals surface area contributed by atoms with E-state index in [1.54, 1.807) is 0 Å². The molecule has 1 saturated carbocycles. The van der Waals surface area contributed by atoms with Gasteiger partial charge in [0.05, 0.1) is 0 Å². The Kier molecular flexibility index (Phi) is 2.72.